The van der Waals surface area contributed by atoms with Gasteiger partial charge in [-0.1, -0.05) is 56.2 Å². The summed E-state index contributed by atoms with van der Waals surface area (Å²) in [6, 6.07) is 12.0. The van der Waals surface area contributed by atoms with Gasteiger partial charge >= 0.3 is 5.97 Å². The Kier molecular flexibility index (Phi) is 16.7. The molecule has 0 saturated carbocycles. The standard InChI is InChI=1S/C6H12O2.C6H6.H3NO2S/c1-2-3-4-5-6(7)8;1-2-4-6-5-3-1;1-4(2)3/h2-5H2,1H3,(H,7,8);1-6H;1H2,(H,2,3)/p-1. The van der Waals surface area contributed by atoms with Gasteiger partial charge in [-0.05, 0) is 6.42 Å². The van der Waals surface area contributed by atoms with Crippen LogP contribution in [0.4, 0.5) is 0 Å². The first-order valence-electron chi connectivity index (χ1n) is 5.56. The van der Waals surface area contributed by atoms with Crippen LogP contribution in [-0.4, -0.2) is 19.8 Å². The zero-order valence-electron chi connectivity index (χ0n) is 10.5. The van der Waals surface area contributed by atoms with E-state index in [2.05, 4.69) is 12.1 Å². The van der Waals surface area contributed by atoms with Crippen molar-refractivity contribution in [3.8, 4) is 0 Å². The van der Waals surface area contributed by atoms with Gasteiger partial charge in [0.2, 0.25) is 0 Å². The number of hydrogen-bond acceptors (Lipinski definition) is 3. The molecule has 0 aliphatic rings. The molecule has 0 heterocycles. The van der Waals surface area contributed by atoms with Crippen LogP contribution in [0.15, 0.2) is 36.4 Å². The van der Waals surface area contributed by atoms with Crippen LogP contribution in [-0.2, 0) is 16.1 Å². The van der Waals surface area contributed by atoms with Crippen molar-refractivity contribution in [2.24, 2.45) is 5.14 Å². The summed E-state index contributed by atoms with van der Waals surface area (Å²) in [6.07, 6.45) is 3.28. The van der Waals surface area contributed by atoms with E-state index in [0.717, 1.165) is 19.3 Å². The average Bonchev–Trinajstić information content (AvgIpc) is 2.31. The molecule has 0 saturated heterocycles. The van der Waals surface area contributed by atoms with Gasteiger partial charge < -0.3 is 9.66 Å². The number of benzene rings is 1. The van der Waals surface area contributed by atoms with Crippen molar-refractivity contribution in [1.29, 1.82) is 0 Å². The molecule has 18 heavy (non-hydrogen) atoms. The molecular formula is C12H20NO4S-. The molecule has 0 spiro atoms. The van der Waals surface area contributed by atoms with Crippen LogP contribution in [0.1, 0.15) is 32.6 Å². The van der Waals surface area contributed by atoms with Crippen LogP contribution in [0.2, 0.25) is 0 Å². The third kappa shape index (κ3) is 29.3. The van der Waals surface area contributed by atoms with E-state index in [4.69, 9.17) is 13.9 Å². The van der Waals surface area contributed by atoms with Crippen molar-refractivity contribution in [3.63, 3.8) is 0 Å². The summed E-state index contributed by atoms with van der Waals surface area (Å²) < 4.78 is 17.6. The zero-order valence-corrected chi connectivity index (χ0v) is 11.3. The Hall–Kier alpha value is -1.24. The Labute approximate surface area is 110 Å². The fourth-order valence-electron chi connectivity index (χ4n) is 0.911. The van der Waals surface area contributed by atoms with Gasteiger partial charge in [0.1, 0.15) is 0 Å². The molecule has 6 heteroatoms. The average molecular weight is 274 g/mol. The van der Waals surface area contributed by atoms with Gasteiger partial charge in [-0.25, -0.2) is 0 Å². The number of carboxylic acid groups (broad SMARTS) is 1. The molecule has 1 unspecified atom stereocenters. The first-order chi connectivity index (χ1) is 8.50. The summed E-state index contributed by atoms with van der Waals surface area (Å²) in [6.45, 7) is 2.06. The van der Waals surface area contributed by atoms with Crippen molar-refractivity contribution in [2.75, 3.05) is 0 Å². The Morgan fingerprint density at radius 2 is 1.50 bits per heavy atom. The quantitative estimate of drug-likeness (QED) is 0.648. The van der Waals surface area contributed by atoms with Crippen LogP contribution >= 0.6 is 0 Å². The summed E-state index contributed by atoms with van der Waals surface area (Å²) >= 11 is -2.36. The Morgan fingerprint density at radius 1 is 1.17 bits per heavy atom. The number of hydrogen-bond donors (Lipinski definition) is 2. The number of aliphatic carboxylic acids is 1. The third-order valence-electron chi connectivity index (χ3n) is 1.66. The largest absolute Gasteiger partial charge is 0.760 e. The Balaban J connectivity index is 0. The smallest absolute Gasteiger partial charge is 0.303 e. The molecule has 0 aromatic heterocycles. The van der Waals surface area contributed by atoms with Crippen molar-refractivity contribution in [3.05, 3.63) is 36.4 Å². The molecular weight excluding hydrogens is 254 g/mol. The highest BCUT2D eigenvalue weighted by Crippen LogP contribution is 1.97. The second kappa shape index (κ2) is 15.8. The van der Waals surface area contributed by atoms with Crippen molar-refractivity contribution in [2.45, 2.75) is 32.6 Å². The highest BCUT2D eigenvalue weighted by atomic mass is 32.2. The Bertz CT molecular complexity index is 275. The lowest BCUT2D eigenvalue weighted by atomic mass is 10.2. The lowest BCUT2D eigenvalue weighted by molar-refractivity contribution is -0.137. The molecule has 0 radical (unpaired) electrons. The minimum Gasteiger partial charge on any atom is -0.760 e. The number of carbonyl (C=O) groups is 1. The van der Waals surface area contributed by atoms with Gasteiger partial charge in [0.15, 0.2) is 0 Å². The molecule has 104 valence electrons. The van der Waals surface area contributed by atoms with Crippen molar-refractivity contribution in [1.82, 2.24) is 0 Å². The van der Waals surface area contributed by atoms with Crippen molar-refractivity contribution >= 4 is 17.2 Å². The van der Waals surface area contributed by atoms with Crippen LogP contribution in [0, 0.1) is 0 Å². The van der Waals surface area contributed by atoms with Gasteiger partial charge in [0.25, 0.3) is 0 Å². The number of unbranched alkanes of at least 4 members (excludes halogenated alkanes) is 2. The maximum absolute atomic E-state index is 9.87. The molecule has 1 aromatic carbocycles. The maximum atomic E-state index is 9.87. The van der Waals surface area contributed by atoms with Crippen LogP contribution in [0.3, 0.4) is 0 Å². The summed E-state index contributed by atoms with van der Waals surface area (Å²) in [4.78, 5) is 9.87. The topological polar surface area (TPSA) is 103 Å². The Morgan fingerprint density at radius 3 is 1.72 bits per heavy atom. The first kappa shape index (κ1) is 19.1. The van der Waals surface area contributed by atoms with E-state index in [9.17, 15) is 4.79 Å². The van der Waals surface area contributed by atoms with Gasteiger partial charge in [-0.15, -0.1) is 0 Å². The lowest BCUT2D eigenvalue weighted by Gasteiger charge is -1.89. The van der Waals surface area contributed by atoms with E-state index in [1.54, 1.807) is 0 Å². The summed E-state index contributed by atoms with van der Waals surface area (Å²) in [5, 5.41) is 12.2. The predicted octanol–water partition coefficient (Wildman–Crippen LogP) is 2.08. The predicted molar refractivity (Wildman–Crippen MR) is 71.3 cm³/mol. The van der Waals surface area contributed by atoms with Crippen LogP contribution in [0.25, 0.3) is 0 Å². The second-order valence-corrected chi connectivity index (χ2v) is 3.79. The second-order valence-electron chi connectivity index (χ2n) is 3.27. The SMILES string of the molecule is CCCCCC(=O)O.NS(=O)[O-].c1ccccc1. The fourth-order valence-corrected chi connectivity index (χ4v) is 0.911. The third-order valence-corrected chi connectivity index (χ3v) is 1.66. The maximum Gasteiger partial charge on any atom is 0.303 e. The van der Waals surface area contributed by atoms with E-state index in [0.29, 0.717) is 6.42 Å². The monoisotopic (exact) mass is 274 g/mol. The molecule has 0 fully saturated rings. The zero-order chi connectivity index (χ0) is 14.2. The normalized spacial score (nSPS) is 10.2. The van der Waals surface area contributed by atoms with Crippen LogP contribution in [0.5, 0.6) is 0 Å². The van der Waals surface area contributed by atoms with E-state index >= 15 is 0 Å². The van der Waals surface area contributed by atoms with Crippen molar-refractivity contribution < 1.29 is 18.7 Å². The molecule has 1 atom stereocenters. The fraction of sp³-hybridized carbons (Fsp3) is 0.417. The summed E-state index contributed by atoms with van der Waals surface area (Å²) in [7, 11) is 0. The number of nitrogens with two attached hydrogens (primary N) is 1. The van der Waals surface area contributed by atoms with Crippen LogP contribution < -0.4 is 5.14 Å². The van der Waals surface area contributed by atoms with Gasteiger partial charge in [0.05, 0.1) is 0 Å². The summed E-state index contributed by atoms with van der Waals surface area (Å²) in [5.74, 6) is -0.682. The number of carboxylic acids is 1. The highest BCUT2D eigenvalue weighted by molar-refractivity contribution is 7.76. The van der Waals surface area contributed by atoms with E-state index in [-0.39, 0.29) is 0 Å². The molecule has 0 aliphatic heterocycles. The molecule has 1 aromatic rings. The van der Waals surface area contributed by atoms with E-state index in [1.807, 2.05) is 36.4 Å². The summed E-state index contributed by atoms with van der Waals surface area (Å²) in [5.41, 5.74) is 0. The molecule has 1 rings (SSSR count). The minimum atomic E-state index is -2.36. The molecule has 0 bridgehead atoms. The number of rotatable bonds is 4. The first-order valence-corrected chi connectivity index (χ1v) is 6.70. The lowest BCUT2D eigenvalue weighted by Crippen LogP contribution is -1.97. The van der Waals surface area contributed by atoms with E-state index in [1.165, 1.54) is 0 Å². The highest BCUT2D eigenvalue weighted by Gasteiger charge is 1.92. The van der Waals surface area contributed by atoms with Gasteiger partial charge in [-0.3, -0.25) is 14.1 Å². The molecule has 0 amide bonds. The van der Waals surface area contributed by atoms with Gasteiger partial charge in [0, 0.05) is 17.7 Å². The molecule has 0 aliphatic carbocycles. The molecule has 3 N–H and O–H groups in total. The minimum absolute atomic E-state index is 0.327. The van der Waals surface area contributed by atoms with E-state index < -0.39 is 17.2 Å². The molecule has 5 nitrogen and oxygen atoms in total. The van der Waals surface area contributed by atoms with Gasteiger partial charge in [-0.2, -0.15) is 0 Å².